The number of carbonyl (C=O) groups is 1. The quantitative estimate of drug-likeness (QED) is 0.802. The fraction of sp³-hybridized carbons (Fsp3) is 0.278. The zero-order valence-electron chi connectivity index (χ0n) is 13.2. The summed E-state index contributed by atoms with van der Waals surface area (Å²) >= 11 is 0. The van der Waals surface area contributed by atoms with Crippen LogP contribution in [0.15, 0.2) is 48.9 Å². The third-order valence-electron chi connectivity index (χ3n) is 4.18. The van der Waals surface area contributed by atoms with E-state index in [1.165, 1.54) is 0 Å². The number of rotatable bonds is 4. The maximum Gasteiger partial charge on any atom is 0.257 e. The fourth-order valence-corrected chi connectivity index (χ4v) is 3.01. The smallest absolute Gasteiger partial charge is 0.257 e. The average Bonchev–Trinajstić information content (AvgIpc) is 3.27. The minimum Gasteiger partial charge on any atom is -0.376 e. The molecule has 1 aliphatic heterocycles. The van der Waals surface area contributed by atoms with Crippen molar-refractivity contribution < 1.29 is 9.53 Å². The Bertz CT molecular complexity index is 863. The second-order valence-electron chi connectivity index (χ2n) is 5.92. The van der Waals surface area contributed by atoms with E-state index in [2.05, 4.69) is 15.4 Å². The first-order chi connectivity index (χ1) is 11.8. The van der Waals surface area contributed by atoms with Crippen molar-refractivity contribution in [1.82, 2.24) is 14.8 Å². The number of benzene rings is 1. The normalized spacial score (nSPS) is 17.2. The number of nitrogens with one attached hydrogen (secondary N) is 1. The van der Waals surface area contributed by atoms with Gasteiger partial charge in [0.25, 0.3) is 5.91 Å². The molecule has 0 bridgehead atoms. The third-order valence-corrected chi connectivity index (χ3v) is 4.18. The van der Waals surface area contributed by atoms with Crippen LogP contribution in [0.4, 0.5) is 5.69 Å². The molecule has 24 heavy (non-hydrogen) atoms. The standard InChI is InChI=1S/C18H18N4O2/c23-18(16-7-1-4-13-5-2-8-19-17(13)16)21-14-10-20-22(11-14)12-15-6-3-9-24-15/h1-2,4-5,7-8,10-11,15H,3,6,9,12H2,(H,21,23). The Balaban J connectivity index is 1.50. The van der Waals surface area contributed by atoms with Gasteiger partial charge in [0, 0.05) is 24.4 Å². The van der Waals surface area contributed by atoms with Crippen LogP contribution >= 0.6 is 0 Å². The Hall–Kier alpha value is -2.73. The zero-order chi connectivity index (χ0) is 16.4. The van der Waals surface area contributed by atoms with Crippen LogP contribution in [0.25, 0.3) is 10.9 Å². The van der Waals surface area contributed by atoms with Crippen LogP contribution in [0.1, 0.15) is 23.2 Å². The molecule has 1 amide bonds. The predicted molar refractivity (Wildman–Crippen MR) is 90.9 cm³/mol. The summed E-state index contributed by atoms with van der Waals surface area (Å²) in [7, 11) is 0. The van der Waals surface area contributed by atoms with Crippen LogP contribution < -0.4 is 5.32 Å². The number of amides is 1. The molecule has 1 N–H and O–H groups in total. The number of hydrogen-bond acceptors (Lipinski definition) is 4. The Kier molecular flexibility index (Phi) is 3.96. The van der Waals surface area contributed by atoms with Crippen molar-refractivity contribution >= 4 is 22.5 Å². The zero-order valence-corrected chi connectivity index (χ0v) is 13.2. The van der Waals surface area contributed by atoms with Gasteiger partial charge in [-0.05, 0) is 25.0 Å². The van der Waals surface area contributed by atoms with Crippen LogP contribution in [0.2, 0.25) is 0 Å². The topological polar surface area (TPSA) is 69.0 Å². The highest BCUT2D eigenvalue weighted by Gasteiger charge is 2.17. The van der Waals surface area contributed by atoms with Crippen molar-refractivity contribution in [2.75, 3.05) is 11.9 Å². The Morgan fingerprint density at radius 3 is 3.12 bits per heavy atom. The van der Waals surface area contributed by atoms with Crippen molar-refractivity contribution in [2.24, 2.45) is 0 Å². The van der Waals surface area contributed by atoms with Gasteiger partial charge in [-0.1, -0.05) is 18.2 Å². The molecule has 6 heteroatoms. The lowest BCUT2D eigenvalue weighted by atomic mass is 10.1. The second kappa shape index (κ2) is 6.41. The van der Waals surface area contributed by atoms with Gasteiger partial charge in [-0.3, -0.25) is 14.5 Å². The SMILES string of the molecule is O=C(Nc1cnn(CC2CCCO2)c1)c1cccc2cccnc12. The van der Waals surface area contributed by atoms with Gasteiger partial charge in [-0.15, -0.1) is 0 Å². The molecule has 0 saturated carbocycles. The monoisotopic (exact) mass is 322 g/mol. The van der Waals surface area contributed by atoms with Gasteiger partial charge in [0.1, 0.15) is 0 Å². The first-order valence-electron chi connectivity index (χ1n) is 8.09. The van der Waals surface area contributed by atoms with Crippen molar-refractivity contribution in [1.29, 1.82) is 0 Å². The molecule has 1 unspecified atom stereocenters. The second-order valence-corrected chi connectivity index (χ2v) is 5.92. The summed E-state index contributed by atoms with van der Waals surface area (Å²) in [4.78, 5) is 16.9. The molecule has 1 fully saturated rings. The van der Waals surface area contributed by atoms with Gasteiger partial charge in [-0.2, -0.15) is 5.10 Å². The molecule has 1 atom stereocenters. The highest BCUT2D eigenvalue weighted by Crippen LogP contribution is 2.18. The highest BCUT2D eigenvalue weighted by atomic mass is 16.5. The molecule has 3 heterocycles. The number of pyridine rings is 1. The van der Waals surface area contributed by atoms with Crippen LogP contribution in [-0.4, -0.2) is 33.4 Å². The van der Waals surface area contributed by atoms with E-state index in [4.69, 9.17) is 4.74 Å². The maximum atomic E-state index is 12.6. The molecule has 3 aromatic rings. The first-order valence-corrected chi connectivity index (χ1v) is 8.09. The number of anilines is 1. The van der Waals surface area contributed by atoms with E-state index in [-0.39, 0.29) is 12.0 Å². The number of ether oxygens (including phenoxy) is 1. The molecule has 1 aromatic carbocycles. The number of fused-ring (bicyclic) bond motifs is 1. The lowest BCUT2D eigenvalue weighted by Crippen LogP contribution is -2.15. The summed E-state index contributed by atoms with van der Waals surface area (Å²) in [5.41, 5.74) is 1.93. The van der Waals surface area contributed by atoms with E-state index in [1.807, 2.05) is 35.1 Å². The van der Waals surface area contributed by atoms with Crippen molar-refractivity contribution in [3.8, 4) is 0 Å². The van der Waals surface area contributed by atoms with Crippen LogP contribution in [0.5, 0.6) is 0 Å². The van der Waals surface area contributed by atoms with Crippen LogP contribution in [-0.2, 0) is 11.3 Å². The third kappa shape index (κ3) is 3.00. The summed E-state index contributed by atoms with van der Waals surface area (Å²) in [6.07, 6.45) is 7.56. The van der Waals surface area contributed by atoms with Gasteiger partial charge in [0.15, 0.2) is 0 Å². The molecule has 6 nitrogen and oxygen atoms in total. The van der Waals surface area contributed by atoms with E-state index in [0.29, 0.717) is 23.3 Å². The number of hydrogen-bond donors (Lipinski definition) is 1. The minimum absolute atomic E-state index is 0.184. The van der Waals surface area contributed by atoms with Gasteiger partial charge >= 0.3 is 0 Å². The maximum absolute atomic E-state index is 12.6. The summed E-state index contributed by atoms with van der Waals surface area (Å²) in [6, 6.07) is 9.39. The lowest BCUT2D eigenvalue weighted by molar-refractivity contribution is 0.0940. The largest absolute Gasteiger partial charge is 0.376 e. The highest BCUT2D eigenvalue weighted by molar-refractivity contribution is 6.11. The number of carbonyl (C=O) groups excluding carboxylic acids is 1. The fourth-order valence-electron chi connectivity index (χ4n) is 3.01. The number of aromatic nitrogens is 3. The molecule has 2 aromatic heterocycles. The van der Waals surface area contributed by atoms with E-state index in [1.54, 1.807) is 18.5 Å². The lowest BCUT2D eigenvalue weighted by Gasteiger charge is -2.08. The number of para-hydroxylation sites is 1. The van der Waals surface area contributed by atoms with Gasteiger partial charge in [0.05, 0.1) is 35.6 Å². The van der Waals surface area contributed by atoms with E-state index in [0.717, 1.165) is 24.8 Å². The van der Waals surface area contributed by atoms with Crippen molar-refractivity contribution in [2.45, 2.75) is 25.5 Å². The molecule has 1 aliphatic rings. The van der Waals surface area contributed by atoms with Crippen LogP contribution in [0.3, 0.4) is 0 Å². The Labute approximate surface area is 139 Å². The predicted octanol–water partition coefficient (Wildman–Crippen LogP) is 2.86. The summed E-state index contributed by atoms with van der Waals surface area (Å²) < 4.78 is 7.42. The summed E-state index contributed by atoms with van der Waals surface area (Å²) in [5.74, 6) is -0.184. The molecule has 0 radical (unpaired) electrons. The minimum atomic E-state index is -0.184. The van der Waals surface area contributed by atoms with E-state index in [9.17, 15) is 4.79 Å². The van der Waals surface area contributed by atoms with Crippen molar-refractivity contribution in [3.05, 3.63) is 54.5 Å². The van der Waals surface area contributed by atoms with E-state index >= 15 is 0 Å². The molecule has 0 aliphatic carbocycles. The molecule has 122 valence electrons. The van der Waals surface area contributed by atoms with E-state index < -0.39 is 0 Å². The molecular formula is C18H18N4O2. The Morgan fingerprint density at radius 1 is 1.33 bits per heavy atom. The first kappa shape index (κ1) is 14.8. The summed E-state index contributed by atoms with van der Waals surface area (Å²) in [6.45, 7) is 1.54. The number of nitrogens with zero attached hydrogens (tertiary/aromatic N) is 3. The molecule has 4 rings (SSSR count). The molecule has 1 saturated heterocycles. The Morgan fingerprint density at radius 2 is 2.25 bits per heavy atom. The summed E-state index contributed by atoms with van der Waals surface area (Å²) in [5, 5.41) is 8.13. The van der Waals surface area contributed by atoms with Crippen LogP contribution in [0, 0.1) is 0 Å². The average molecular weight is 322 g/mol. The van der Waals surface area contributed by atoms with Crippen molar-refractivity contribution in [3.63, 3.8) is 0 Å². The van der Waals surface area contributed by atoms with Gasteiger partial charge < -0.3 is 10.1 Å². The molecule has 0 spiro atoms. The van der Waals surface area contributed by atoms with Gasteiger partial charge in [0.2, 0.25) is 0 Å². The molecular weight excluding hydrogens is 304 g/mol. The van der Waals surface area contributed by atoms with Gasteiger partial charge in [-0.25, -0.2) is 0 Å².